The number of rotatable bonds is 11. The van der Waals surface area contributed by atoms with E-state index in [-0.39, 0.29) is 23.8 Å². The molecule has 2 fully saturated rings. The second kappa shape index (κ2) is 18.8. The van der Waals surface area contributed by atoms with Crippen LogP contribution in [-0.2, 0) is 19.1 Å². The van der Waals surface area contributed by atoms with Crippen LogP contribution in [0.25, 0.3) is 33.4 Å². The number of aromatic amines is 2. The first-order chi connectivity index (χ1) is 31.9. The zero-order valence-corrected chi connectivity index (χ0v) is 38.7. The van der Waals surface area contributed by atoms with Crippen LogP contribution in [0.5, 0.6) is 0 Å². The highest BCUT2D eigenvalue weighted by atomic mass is 16.6. The lowest BCUT2D eigenvalue weighted by molar-refractivity contribution is -0.139. The Labute approximate surface area is 389 Å². The average Bonchev–Trinajstić information content (AvgIpc) is 4.13. The Morgan fingerprint density at radius 2 is 1.37 bits per heavy atom. The van der Waals surface area contributed by atoms with Gasteiger partial charge in [0.2, 0.25) is 5.91 Å². The molecule has 4 atom stereocenters. The number of ether oxygens (including phenoxy) is 1. The van der Waals surface area contributed by atoms with Gasteiger partial charge in [0.05, 0.1) is 17.9 Å². The number of hydrogen-bond donors (Lipinski definition) is 5. The minimum Gasteiger partial charge on any atom is -0.465 e. The summed E-state index contributed by atoms with van der Waals surface area (Å²) in [6, 6.07) is 30.6. The number of carboxylic acid groups (broad SMARTS) is 1. The van der Waals surface area contributed by atoms with Gasteiger partial charge in [0.25, 0.3) is 11.8 Å². The van der Waals surface area contributed by atoms with Gasteiger partial charge in [0.15, 0.2) is 0 Å². The van der Waals surface area contributed by atoms with Crippen LogP contribution in [0, 0.1) is 0 Å². The largest absolute Gasteiger partial charge is 0.465 e. The van der Waals surface area contributed by atoms with Crippen LogP contribution >= 0.6 is 0 Å². The van der Waals surface area contributed by atoms with Gasteiger partial charge in [-0.25, -0.2) is 14.6 Å². The van der Waals surface area contributed by atoms with Crippen molar-refractivity contribution in [1.29, 1.82) is 0 Å². The number of imidazole rings is 1. The summed E-state index contributed by atoms with van der Waals surface area (Å²) in [7, 11) is 0. The molecule has 2 saturated heterocycles. The van der Waals surface area contributed by atoms with Gasteiger partial charge in [-0.2, -0.15) is 0 Å². The second-order valence-electron chi connectivity index (χ2n) is 19.2. The Kier molecular flexibility index (Phi) is 13.0. The van der Waals surface area contributed by atoms with Gasteiger partial charge in [0, 0.05) is 40.9 Å². The third-order valence-electron chi connectivity index (χ3n) is 12.3. The Hall–Kier alpha value is -7.42. The van der Waals surface area contributed by atoms with Gasteiger partial charge < -0.3 is 40.2 Å². The number of aromatic nitrogens is 3. The number of carbonyl (C=O) groups excluding carboxylic acids is 4. The van der Waals surface area contributed by atoms with Crippen molar-refractivity contribution in [3.63, 3.8) is 0 Å². The maximum Gasteiger partial charge on any atom is 0.408 e. The summed E-state index contributed by atoms with van der Waals surface area (Å²) in [5.41, 5.74) is 4.60. The lowest BCUT2D eigenvalue weighted by Crippen LogP contribution is -2.52. The van der Waals surface area contributed by atoms with Gasteiger partial charge in [-0.1, -0.05) is 84.9 Å². The summed E-state index contributed by atoms with van der Waals surface area (Å²) in [6.07, 6.45) is 2.45. The summed E-state index contributed by atoms with van der Waals surface area (Å²) < 4.78 is 5.47. The topological polar surface area (TPSA) is 193 Å². The molecule has 15 heteroatoms. The van der Waals surface area contributed by atoms with Crippen LogP contribution in [0.2, 0.25) is 0 Å². The van der Waals surface area contributed by atoms with E-state index in [1.165, 1.54) is 4.90 Å². The van der Waals surface area contributed by atoms with E-state index in [4.69, 9.17) is 9.72 Å². The first-order valence-corrected chi connectivity index (χ1v) is 22.8. The summed E-state index contributed by atoms with van der Waals surface area (Å²) in [6.45, 7) is 11.5. The second-order valence-corrected chi connectivity index (χ2v) is 19.2. The number of H-pyrrole nitrogens is 2. The maximum absolute atomic E-state index is 14.4. The van der Waals surface area contributed by atoms with Gasteiger partial charge in [0.1, 0.15) is 29.6 Å². The molecule has 0 spiro atoms. The molecule has 2 aliphatic heterocycles. The molecule has 348 valence electrons. The van der Waals surface area contributed by atoms with Crippen molar-refractivity contribution in [1.82, 2.24) is 35.0 Å². The number of likely N-dealkylation sites (tertiary alicyclic amines) is 2. The number of alkyl carbamates (subject to hydrolysis) is 1. The number of anilines is 1. The monoisotopic (exact) mass is 906 g/mol. The number of amides is 5. The number of fused-ring (bicyclic) bond motifs is 1. The molecule has 0 saturated carbocycles. The molecule has 2 aromatic heterocycles. The van der Waals surface area contributed by atoms with E-state index in [0.29, 0.717) is 55.0 Å². The predicted octanol–water partition coefficient (Wildman–Crippen LogP) is 9.60. The molecule has 6 aromatic rings. The molecule has 5 N–H and O–H groups in total. The Bertz CT molecular complexity index is 2760. The first-order valence-electron chi connectivity index (χ1n) is 22.8. The quantitative estimate of drug-likeness (QED) is 0.0848. The van der Waals surface area contributed by atoms with Gasteiger partial charge in [-0.15, -0.1) is 0 Å². The lowest BCUT2D eigenvalue weighted by atomic mass is 9.97. The Morgan fingerprint density at radius 3 is 2.01 bits per heavy atom. The minimum absolute atomic E-state index is 0.281. The fourth-order valence-corrected chi connectivity index (χ4v) is 9.19. The maximum atomic E-state index is 14.4. The molecule has 0 aliphatic carbocycles. The Morgan fingerprint density at radius 1 is 0.746 bits per heavy atom. The zero-order chi connectivity index (χ0) is 47.6. The van der Waals surface area contributed by atoms with E-state index >= 15 is 0 Å². The van der Waals surface area contributed by atoms with Crippen LogP contribution in [0.1, 0.15) is 102 Å². The molecule has 0 unspecified atom stereocenters. The van der Waals surface area contributed by atoms with Crippen LogP contribution < -0.4 is 10.6 Å². The molecule has 8 rings (SSSR count). The smallest absolute Gasteiger partial charge is 0.408 e. The third kappa shape index (κ3) is 10.2. The minimum atomic E-state index is -1.16. The van der Waals surface area contributed by atoms with Crippen LogP contribution in [-0.4, -0.2) is 94.9 Å². The van der Waals surface area contributed by atoms with Gasteiger partial charge in [-0.3, -0.25) is 19.3 Å². The van der Waals surface area contributed by atoms with Crippen molar-refractivity contribution in [2.45, 2.75) is 103 Å². The fourth-order valence-electron chi connectivity index (χ4n) is 9.19. The molecule has 4 aromatic carbocycles. The number of nitrogens with zero attached hydrogens (tertiary/aromatic N) is 4. The summed E-state index contributed by atoms with van der Waals surface area (Å²) in [5, 5.41) is 17.0. The van der Waals surface area contributed by atoms with Crippen LogP contribution in [0.15, 0.2) is 115 Å². The van der Waals surface area contributed by atoms with Crippen LogP contribution in [0.3, 0.4) is 0 Å². The predicted molar refractivity (Wildman–Crippen MR) is 256 cm³/mol. The molecule has 4 heterocycles. The van der Waals surface area contributed by atoms with Gasteiger partial charge >= 0.3 is 12.2 Å². The number of nitrogens with one attached hydrogen (secondary N) is 4. The van der Waals surface area contributed by atoms with E-state index < -0.39 is 41.5 Å². The van der Waals surface area contributed by atoms with Crippen molar-refractivity contribution < 1.29 is 33.8 Å². The highest BCUT2D eigenvalue weighted by Gasteiger charge is 2.44. The highest BCUT2D eigenvalue weighted by molar-refractivity contribution is 6.00. The van der Waals surface area contributed by atoms with E-state index in [2.05, 4.69) is 20.6 Å². The fraction of sp³-hybridized carbons (Fsp3) is 0.346. The van der Waals surface area contributed by atoms with E-state index in [1.54, 1.807) is 93.9 Å². The Balaban J connectivity index is 0.942. The number of carbonyl (C=O) groups is 5. The number of hydrogen-bond acceptors (Lipinski definition) is 7. The van der Waals surface area contributed by atoms with Crippen molar-refractivity contribution >= 4 is 46.5 Å². The summed E-state index contributed by atoms with van der Waals surface area (Å²) >= 11 is 0. The van der Waals surface area contributed by atoms with Crippen molar-refractivity contribution in [3.05, 3.63) is 132 Å². The molecule has 5 amide bonds. The average molecular weight is 907 g/mol. The van der Waals surface area contributed by atoms with Crippen molar-refractivity contribution in [2.75, 3.05) is 18.4 Å². The molecular weight excluding hydrogens is 849 g/mol. The van der Waals surface area contributed by atoms with Crippen LogP contribution in [0.4, 0.5) is 15.3 Å². The molecule has 0 radical (unpaired) electrons. The molecule has 0 bridgehead atoms. The third-order valence-corrected chi connectivity index (χ3v) is 12.3. The van der Waals surface area contributed by atoms with Gasteiger partial charge in [-0.05, 0) is 114 Å². The molecule has 15 nitrogen and oxygen atoms in total. The molecule has 2 aliphatic rings. The highest BCUT2D eigenvalue weighted by Crippen LogP contribution is 2.38. The van der Waals surface area contributed by atoms with E-state index in [1.807, 2.05) is 72.8 Å². The van der Waals surface area contributed by atoms with E-state index in [0.717, 1.165) is 39.8 Å². The molecular formula is C52H58N8O7. The van der Waals surface area contributed by atoms with E-state index in [9.17, 15) is 29.1 Å². The van der Waals surface area contributed by atoms with Crippen molar-refractivity contribution in [2.24, 2.45) is 0 Å². The normalized spacial score (nSPS) is 17.2. The standard InChI is InChI=1S/C52H58N8O7/c1-51(2,3)60(50(65)66)44(35-17-11-8-12-18-35)48(63)58-27-13-19-41(58)45-53-31-40(56-45)33-23-21-32(22-24-33)39-30-36-29-37(25-26-38(36)55-39)54-46(61)42-20-14-28-59(42)47(62)43(34-15-9-7-10-16-34)57-49(64)67-52(4,5)6/h7-12,15-18,21-26,29-31,41-44,55H,13-14,19-20,27-28H2,1-6H3,(H,53,56)(H,54,61)(H,57,64)(H,65,66)/t41-,42-,43+,44+/m0/s1. The van der Waals surface area contributed by atoms with Crippen molar-refractivity contribution in [3.8, 4) is 22.5 Å². The summed E-state index contributed by atoms with van der Waals surface area (Å²) in [4.78, 5) is 84.1. The first kappa shape index (κ1) is 46.1. The summed E-state index contributed by atoms with van der Waals surface area (Å²) in [5.74, 6) is -0.327. The lowest BCUT2D eigenvalue weighted by Gasteiger charge is -2.41. The SMILES string of the molecule is CC(C)(C)OC(=O)N[C@@H](C(=O)N1CCC[C@H]1C(=O)Nc1ccc2[nH]c(-c3ccc(-c4cnc([C@@H]5CCCN5C(=O)[C@@H](c5ccccc5)N(C(=O)O)C(C)(C)C)[nH]4)cc3)cc2c1)c1ccccc1. The number of benzene rings is 4. The zero-order valence-electron chi connectivity index (χ0n) is 38.7. The molecule has 67 heavy (non-hydrogen) atoms.